The third-order valence-corrected chi connectivity index (χ3v) is 5.98. The summed E-state index contributed by atoms with van der Waals surface area (Å²) in [6.45, 7) is 4.90. The first kappa shape index (κ1) is 18.2. The number of aromatic nitrogens is 2. The maximum Gasteiger partial charge on any atom is 0.264 e. The van der Waals surface area contributed by atoms with Crippen molar-refractivity contribution >= 4 is 28.8 Å². The number of nitrogens with zero attached hydrogens (tertiary/aromatic N) is 4. The van der Waals surface area contributed by atoms with E-state index >= 15 is 0 Å². The molecule has 0 N–H and O–H groups in total. The van der Waals surface area contributed by atoms with Crippen LogP contribution in [0.1, 0.15) is 28.5 Å². The summed E-state index contributed by atoms with van der Waals surface area (Å²) in [7, 11) is 0. The molecule has 1 aliphatic heterocycles. The quantitative estimate of drug-likeness (QED) is 0.660. The highest BCUT2D eigenvalue weighted by Crippen LogP contribution is 2.26. The van der Waals surface area contributed by atoms with E-state index in [1.54, 1.807) is 12.1 Å². The van der Waals surface area contributed by atoms with E-state index < -0.39 is 0 Å². The van der Waals surface area contributed by atoms with Crippen molar-refractivity contribution in [1.29, 1.82) is 0 Å². The van der Waals surface area contributed by atoms with Crippen LogP contribution in [0.2, 0.25) is 4.34 Å². The second-order valence-electron chi connectivity index (χ2n) is 6.43. The largest absolute Gasteiger partial charge is 0.337 e. The fourth-order valence-electron chi connectivity index (χ4n) is 3.16. The average molecular weight is 403 g/mol. The van der Waals surface area contributed by atoms with Crippen molar-refractivity contribution in [3.05, 3.63) is 57.6 Å². The second-order valence-corrected chi connectivity index (χ2v) is 8.15. The Hall–Kier alpha value is -2.22. The Bertz CT molecular complexity index is 919. The number of thiophene rings is 1. The van der Waals surface area contributed by atoms with E-state index in [9.17, 15) is 4.79 Å². The molecule has 27 heavy (non-hydrogen) atoms. The minimum atomic E-state index is 0.00314. The molecule has 4 rings (SSSR count). The standard InChI is InChI=1S/C19H19ClN4O2S/c1-13(18-21-17(22-26-18)14-5-3-2-4-6-14)23-9-11-24(12-10-23)19(25)15-7-8-16(20)27-15/h2-8,13H,9-12H2,1H3. The lowest BCUT2D eigenvalue weighted by Gasteiger charge is -2.36. The zero-order chi connectivity index (χ0) is 18.8. The molecule has 1 amide bonds. The lowest BCUT2D eigenvalue weighted by molar-refractivity contribution is 0.0556. The third-order valence-electron chi connectivity index (χ3n) is 4.76. The lowest BCUT2D eigenvalue weighted by Crippen LogP contribution is -2.49. The zero-order valence-electron chi connectivity index (χ0n) is 14.8. The van der Waals surface area contributed by atoms with E-state index in [1.807, 2.05) is 35.2 Å². The van der Waals surface area contributed by atoms with Crippen LogP contribution in [0, 0.1) is 0 Å². The maximum absolute atomic E-state index is 12.5. The number of hydrogen-bond donors (Lipinski definition) is 0. The number of carbonyl (C=O) groups excluding carboxylic acids is 1. The molecule has 1 aromatic carbocycles. The van der Waals surface area contributed by atoms with Gasteiger partial charge in [0, 0.05) is 31.7 Å². The fraction of sp³-hybridized carbons (Fsp3) is 0.316. The summed E-state index contributed by atoms with van der Waals surface area (Å²) < 4.78 is 6.12. The molecule has 1 unspecified atom stereocenters. The number of halogens is 1. The van der Waals surface area contributed by atoms with E-state index in [0.29, 0.717) is 34.0 Å². The van der Waals surface area contributed by atoms with Gasteiger partial charge < -0.3 is 9.42 Å². The van der Waals surface area contributed by atoms with Crippen molar-refractivity contribution in [2.45, 2.75) is 13.0 Å². The van der Waals surface area contributed by atoms with E-state index in [-0.39, 0.29) is 11.9 Å². The Morgan fingerprint density at radius 1 is 1.15 bits per heavy atom. The lowest BCUT2D eigenvalue weighted by atomic mass is 10.2. The van der Waals surface area contributed by atoms with Crippen LogP contribution in [0.4, 0.5) is 0 Å². The zero-order valence-corrected chi connectivity index (χ0v) is 16.4. The Kier molecular flexibility index (Phi) is 5.24. The first-order valence-corrected chi connectivity index (χ1v) is 9.99. The number of benzene rings is 1. The second kappa shape index (κ2) is 7.80. The van der Waals surface area contributed by atoms with Crippen molar-refractivity contribution in [3.63, 3.8) is 0 Å². The molecule has 6 nitrogen and oxygen atoms in total. The predicted octanol–water partition coefficient (Wildman–Crippen LogP) is 3.97. The first-order valence-electron chi connectivity index (χ1n) is 8.79. The van der Waals surface area contributed by atoms with Gasteiger partial charge in [0.1, 0.15) is 0 Å². The molecule has 2 aromatic heterocycles. The Labute approximate surface area is 166 Å². The van der Waals surface area contributed by atoms with Gasteiger partial charge in [-0.1, -0.05) is 47.1 Å². The Morgan fingerprint density at radius 2 is 1.89 bits per heavy atom. The topological polar surface area (TPSA) is 62.5 Å². The monoisotopic (exact) mass is 402 g/mol. The number of rotatable bonds is 4. The summed E-state index contributed by atoms with van der Waals surface area (Å²) in [4.78, 5) is 21.9. The van der Waals surface area contributed by atoms with Crippen molar-refractivity contribution in [3.8, 4) is 11.4 Å². The maximum atomic E-state index is 12.5. The summed E-state index contributed by atoms with van der Waals surface area (Å²) in [5.41, 5.74) is 0.935. The van der Waals surface area contributed by atoms with Gasteiger partial charge in [0.2, 0.25) is 11.7 Å². The van der Waals surface area contributed by atoms with Crippen LogP contribution >= 0.6 is 22.9 Å². The molecule has 3 heterocycles. The molecular formula is C19H19ClN4O2S. The van der Waals surface area contributed by atoms with Crippen molar-refractivity contribution in [2.24, 2.45) is 0 Å². The SMILES string of the molecule is CC(c1nc(-c2ccccc2)no1)N1CCN(C(=O)c2ccc(Cl)s2)CC1. The smallest absolute Gasteiger partial charge is 0.264 e. The number of amides is 1. The Morgan fingerprint density at radius 3 is 2.56 bits per heavy atom. The van der Waals surface area contributed by atoms with Crippen LogP contribution in [0.25, 0.3) is 11.4 Å². The summed E-state index contributed by atoms with van der Waals surface area (Å²) in [6, 6.07) is 13.3. The minimum absolute atomic E-state index is 0.00314. The normalized spacial score (nSPS) is 16.4. The molecule has 0 radical (unpaired) electrons. The highest BCUT2D eigenvalue weighted by atomic mass is 35.5. The average Bonchev–Trinajstić information content (AvgIpc) is 3.37. The van der Waals surface area contributed by atoms with Gasteiger partial charge in [-0.3, -0.25) is 9.69 Å². The molecule has 0 spiro atoms. The molecule has 1 saturated heterocycles. The van der Waals surface area contributed by atoms with Gasteiger partial charge in [0.05, 0.1) is 15.3 Å². The van der Waals surface area contributed by atoms with Crippen LogP contribution < -0.4 is 0 Å². The van der Waals surface area contributed by atoms with Gasteiger partial charge in [-0.05, 0) is 19.1 Å². The van der Waals surface area contributed by atoms with E-state index in [4.69, 9.17) is 16.1 Å². The molecule has 8 heteroatoms. The number of piperazine rings is 1. The van der Waals surface area contributed by atoms with Gasteiger partial charge in [-0.25, -0.2) is 0 Å². The summed E-state index contributed by atoms with van der Waals surface area (Å²) in [6.07, 6.45) is 0. The van der Waals surface area contributed by atoms with E-state index in [1.165, 1.54) is 11.3 Å². The molecule has 1 fully saturated rings. The third kappa shape index (κ3) is 3.90. The summed E-state index contributed by atoms with van der Waals surface area (Å²) >= 11 is 7.26. The molecule has 1 atom stereocenters. The van der Waals surface area contributed by atoms with Crippen molar-refractivity contribution < 1.29 is 9.32 Å². The number of carbonyl (C=O) groups is 1. The van der Waals surface area contributed by atoms with Gasteiger partial charge in [-0.15, -0.1) is 11.3 Å². The molecule has 0 bridgehead atoms. The van der Waals surface area contributed by atoms with E-state index in [0.717, 1.165) is 18.7 Å². The first-order chi connectivity index (χ1) is 13.1. The molecule has 1 aliphatic rings. The van der Waals surface area contributed by atoms with Crippen LogP contribution in [-0.2, 0) is 0 Å². The van der Waals surface area contributed by atoms with Crippen LogP contribution in [0.5, 0.6) is 0 Å². The van der Waals surface area contributed by atoms with Gasteiger partial charge in [0.25, 0.3) is 5.91 Å². The van der Waals surface area contributed by atoms with Gasteiger partial charge in [0.15, 0.2) is 0 Å². The predicted molar refractivity (Wildman–Crippen MR) is 105 cm³/mol. The van der Waals surface area contributed by atoms with Gasteiger partial charge >= 0.3 is 0 Å². The molecule has 3 aromatic rings. The van der Waals surface area contributed by atoms with Crippen LogP contribution in [0.3, 0.4) is 0 Å². The van der Waals surface area contributed by atoms with Crippen molar-refractivity contribution in [1.82, 2.24) is 19.9 Å². The Balaban J connectivity index is 1.38. The molecule has 140 valence electrons. The minimum Gasteiger partial charge on any atom is -0.337 e. The van der Waals surface area contributed by atoms with Crippen LogP contribution in [-0.4, -0.2) is 52.0 Å². The fourth-order valence-corrected chi connectivity index (χ4v) is 4.17. The van der Waals surface area contributed by atoms with Gasteiger partial charge in [-0.2, -0.15) is 4.98 Å². The van der Waals surface area contributed by atoms with Crippen LogP contribution in [0.15, 0.2) is 47.0 Å². The molecule has 0 aliphatic carbocycles. The van der Waals surface area contributed by atoms with Crippen molar-refractivity contribution in [2.75, 3.05) is 26.2 Å². The molecular weight excluding hydrogens is 384 g/mol. The highest BCUT2D eigenvalue weighted by molar-refractivity contribution is 7.17. The highest BCUT2D eigenvalue weighted by Gasteiger charge is 2.28. The molecule has 0 saturated carbocycles. The number of hydrogen-bond acceptors (Lipinski definition) is 6. The summed E-state index contributed by atoms with van der Waals surface area (Å²) in [5, 5.41) is 4.10. The van der Waals surface area contributed by atoms with E-state index in [2.05, 4.69) is 22.0 Å². The summed E-state index contributed by atoms with van der Waals surface area (Å²) in [5.74, 6) is 1.24.